The van der Waals surface area contributed by atoms with Gasteiger partial charge in [-0.05, 0) is 75.6 Å². The molecule has 3 aromatic heterocycles. The molecule has 5 heterocycles. The number of anilines is 1. The van der Waals surface area contributed by atoms with Crippen LogP contribution in [0.25, 0.3) is 33.1 Å². The molecule has 12 nitrogen and oxygen atoms in total. The van der Waals surface area contributed by atoms with Crippen molar-refractivity contribution in [2.75, 3.05) is 44.3 Å². The fraction of sp³-hybridized carbons (Fsp3) is 0.529. The van der Waals surface area contributed by atoms with Crippen LogP contribution in [-0.2, 0) is 11.2 Å². The average Bonchev–Trinajstić information content (AvgIpc) is 3.63. The lowest BCUT2D eigenvalue weighted by molar-refractivity contribution is 0.123. The van der Waals surface area contributed by atoms with Crippen LogP contribution in [0.15, 0.2) is 18.5 Å². The van der Waals surface area contributed by atoms with Gasteiger partial charge in [0.2, 0.25) is 0 Å². The van der Waals surface area contributed by atoms with Crippen LogP contribution in [-0.4, -0.2) is 81.9 Å². The Balaban J connectivity index is 1.32. The summed E-state index contributed by atoms with van der Waals surface area (Å²) in [6, 6.07) is 1.89. The number of nitrogens with one attached hydrogen (secondary N) is 4. The molecular formula is C34H41ClFN9O3. The van der Waals surface area contributed by atoms with Crippen molar-refractivity contribution in [2.45, 2.75) is 58.3 Å². The number of aliphatic hydroxyl groups excluding tert-OH is 1. The number of benzene rings is 1. The van der Waals surface area contributed by atoms with Crippen LogP contribution >= 0.6 is 11.6 Å². The standard InChI is InChI=1S/C34H41ClFN9O3/c1-33(17-46)7-4-10-45(16-33)31-23-14-40-30(27-21(5-2-6-26(38)48-19-37)24(35)11-25-22(27)15-41-44-25)28(36)29(23)42-32(43-31)47-18-34-8-3-9-39-13-20(34)12-34/h11,14-15,19-20,37-39,46H,2-10,12-13,16-18H2,1H3,(H,41,44). The summed E-state index contributed by atoms with van der Waals surface area (Å²) < 4.78 is 28.3. The highest BCUT2D eigenvalue weighted by Gasteiger charge is 2.54. The third-order valence-corrected chi connectivity index (χ3v) is 10.8. The van der Waals surface area contributed by atoms with Gasteiger partial charge in [-0.1, -0.05) is 18.5 Å². The molecule has 1 saturated carbocycles. The van der Waals surface area contributed by atoms with Crippen LogP contribution in [0.1, 0.15) is 57.4 Å². The van der Waals surface area contributed by atoms with E-state index >= 15 is 4.39 Å². The van der Waals surface area contributed by atoms with Gasteiger partial charge in [0, 0.05) is 52.5 Å². The molecular weight excluding hydrogens is 637 g/mol. The van der Waals surface area contributed by atoms with E-state index in [1.807, 2.05) is 0 Å². The summed E-state index contributed by atoms with van der Waals surface area (Å²) in [5.74, 6) is 0.448. The van der Waals surface area contributed by atoms with Gasteiger partial charge >= 0.3 is 6.01 Å². The van der Waals surface area contributed by atoms with Crippen molar-refractivity contribution in [3.8, 4) is 17.3 Å². The predicted molar refractivity (Wildman–Crippen MR) is 183 cm³/mol. The van der Waals surface area contributed by atoms with Crippen molar-refractivity contribution in [3.63, 3.8) is 0 Å². The summed E-state index contributed by atoms with van der Waals surface area (Å²) in [4.78, 5) is 16.4. The molecule has 3 fully saturated rings. The van der Waals surface area contributed by atoms with Gasteiger partial charge in [0.25, 0.3) is 0 Å². The van der Waals surface area contributed by atoms with Gasteiger partial charge in [0.15, 0.2) is 18.1 Å². The van der Waals surface area contributed by atoms with Crippen molar-refractivity contribution < 1.29 is 19.0 Å². The quantitative estimate of drug-likeness (QED) is 0.0994. The Labute approximate surface area is 282 Å². The number of nitrogens with zero attached hydrogens (tertiary/aromatic N) is 5. The van der Waals surface area contributed by atoms with E-state index in [4.69, 9.17) is 46.8 Å². The van der Waals surface area contributed by atoms with Crippen LogP contribution in [0, 0.1) is 33.4 Å². The Bertz CT molecular complexity index is 1870. The minimum absolute atomic E-state index is 0.0361. The maximum absolute atomic E-state index is 17.1. The third-order valence-electron chi connectivity index (χ3n) is 10.4. The van der Waals surface area contributed by atoms with Crippen LogP contribution in [0.5, 0.6) is 6.01 Å². The first-order valence-corrected chi connectivity index (χ1v) is 17.1. The number of piperidine rings is 1. The molecule has 0 radical (unpaired) electrons. The molecule has 0 bridgehead atoms. The molecule has 48 heavy (non-hydrogen) atoms. The van der Waals surface area contributed by atoms with Crippen molar-refractivity contribution in [3.05, 3.63) is 34.9 Å². The predicted octanol–water partition coefficient (Wildman–Crippen LogP) is 5.65. The van der Waals surface area contributed by atoms with E-state index in [0.29, 0.717) is 76.7 Å². The lowest BCUT2D eigenvalue weighted by atomic mass is 9.83. The molecule has 1 aromatic carbocycles. The van der Waals surface area contributed by atoms with Crippen molar-refractivity contribution in [1.29, 1.82) is 10.8 Å². The molecule has 3 aliphatic rings. The molecule has 3 atom stereocenters. The highest BCUT2D eigenvalue weighted by Crippen LogP contribution is 2.56. The van der Waals surface area contributed by atoms with Gasteiger partial charge < -0.3 is 24.8 Å². The van der Waals surface area contributed by atoms with E-state index in [9.17, 15) is 5.11 Å². The second-order valence-corrected chi connectivity index (χ2v) is 14.3. The Morgan fingerprint density at radius 1 is 1.25 bits per heavy atom. The third kappa shape index (κ3) is 6.19. The molecule has 1 aliphatic carbocycles. The van der Waals surface area contributed by atoms with Gasteiger partial charge in [-0.15, -0.1) is 0 Å². The van der Waals surface area contributed by atoms with E-state index in [-0.39, 0.29) is 47.0 Å². The Kier molecular flexibility index (Phi) is 8.94. The molecule has 5 N–H and O–H groups in total. The van der Waals surface area contributed by atoms with Crippen molar-refractivity contribution >= 4 is 51.5 Å². The van der Waals surface area contributed by atoms with Crippen LogP contribution in [0.2, 0.25) is 5.02 Å². The summed E-state index contributed by atoms with van der Waals surface area (Å²) >= 11 is 6.80. The lowest BCUT2D eigenvalue weighted by Crippen LogP contribution is -2.44. The maximum atomic E-state index is 17.1. The van der Waals surface area contributed by atoms with Gasteiger partial charge in [0.05, 0.1) is 30.3 Å². The number of hydrogen-bond acceptors (Lipinski definition) is 11. The molecule has 254 valence electrons. The van der Waals surface area contributed by atoms with Crippen LogP contribution in [0.3, 0.4) is 0 Å². The van der Waals surface area contributed by atoms with Crippen molar-refractivity contribution in [2.24, 2.45) is 16.7 Å². The second kappa shape index (κ2) is 13.2. The number of aromatic nitrogens is 5. The number of H-pyrrole nitrogens is 1. The first-order chi connectivity index (χ1) is 23.2. The molecule has 2 saturated heterocycles. The normalized spacial score (nSPS) is 23.9. The van der Waals surface area contributed by atoms with E-state index in [0.717, 1.165) is 51.6 Å². The average molecular weight is 678 g/mol. The lowest BCUT2D eigenvalue weighted by Gasteiger charge is -2.40. The van der Waals surface area contributed by atoms with Gasteiger partial charge in [-0.2, -0.15) is 15.1 Å². The Morgan fingerprint density at radius 3 is 2.96 bits per heavy atom. The van der Waals surface area contributed by atoms with E-state index in [2.05, 4.69) is 27.3 Å². The summed E-state index contributed by atoms with van der Waals surface area (Å²) in [5, 5.41) is 37.4. The SMILES string of the molecule is CC1(CO)CCCN(c2nc(OCC34CCCNCC3C4)nc3c(F)c(-c4c(CCCC(=N)OC=N)c(Cl)cc5[nH]ncc45)ncc23)C1. The highest BCUT2D eigenvalue weighted by atomic mass is 35.5. The van der Waals surface area contributed by atoms with Crippen molar-refractivity contribution in [1.82, 2.24) is 30.5 Å². The van der Waals surface area contributed by atoms with E-state index < -0.39 is 5.82 Å². The molecule has 0 amide bonds. The number of fused-ring (bicyclic) bond motifs is 3. The number of ether oxygens (including phenoxy) is 2. The number of pyridine rings is 1. The minimum atomic E-state index is -0.616. The zero-order chi connectivity index (χ0) is 33.5. The van der Waals surface area contributed by atoms with Crippen LogP contribution < -0.4 is 15.0 Å². The second-order valence-electron chi connectivity index (χ2n) is 13.9. The van der Waals surface area contributed by atoms with E-state index in [1.165, 1.54) is 0 Å². The highest BCUT2D eigenvalue weighted by molar-refractivity contribution is 6.33. The fourth-order valence-corrected chi connectivity index (χ4v) is 7.92. The van der Waals surface area contributed by atoms with Crippen LogP contribution in [0.4, 0.5) is 10.2 Å². The smallest absolute Gasteiger partial charge is 0.319 e. The fourth-order valence-electron chi connectivity index (χ4n) is 7.62. The Morgan fingerprint density at radius 2 is 2.12 bits per heavy atom. The largest absolute Gasteiger partial charge is 0.463 e. The summed E-state index contributed by atoms with van der Waals surface area (Å²) in [6.45, 7) is 5.81. The molecule has 7 rings (SSSR count). The van der Waals surface area contributed by atoms with Gasteiger partial charge in [-0.25, -0.2) is 4.39 Å². The van der Waals surface area contributed by atoms with Gasteiger partial charge in [0.1, 0.15) is 17.0 Å². The summed E-state index contributed by atoms with van der Waals surface area (Å²) in [6.07, 6.45) is 10.1. The molecule has 0 spiro atoms. The monoisotopic (exact) mass is 677 g/mol. The Hall–Kier alpha value is -3.94. The number of aromatic amines is 1. The number of halogens is 2. The number of aliphatic hydroxyl groups is 1. The molecule has 2 aliphatic heterocycles. The maximum Gasteiger partial charge on any atom is 0.319 e. The number of hydrogen-bond donors (Lipinski definition) is 5. The zero-order valence-electron chi connectivity index (χ0n) is 27.0. The topological polar surface area (TPSA) is 169 Å². The molecule has 14 heteroatoms. The molecule has 4 aromatic rings. The van der Waals surface area contributed by atoms with Gasteiger partial charge in [-0.3, -0.25) is 20.9 Å². The minimum Gasteiger partial charge on any atom is -0.463 e. The zero-order valence-corrected chi connectivity index (χ0v) is 27.8. The first kappa shape index (κ1) is 32.6. The first-order valence-electron chi connectivity index (χ1n) is 16.7. The molecule has 3 unspecified atom stereocenters. The number of rotatable bonds is 11. The summed E-state index contributed by atoms with van der Waals surface area (Å²) in [7, 11) is 0. The van der Waals surface area contributed by atoms with E-state index in [1.54, 1.807) is 18.5 Å². The summed E-state index contributed by atoms with van der Waals surface area (Å²) in [5.41, 5.74) is 1.77.